The van der Waals surface area contributed by atoms with E-state index in [4.69, 9.17) is 4.74 Å². The molecule has 2 amide bonds. The summed E-state index contributed by atoms with van der Waals surface area (Å²) in [7, 11) is 0. The summed E-state index contributed by atoms with van der Waals surface area (Å²) in [5.41, 5.74) is 2.45. The summed E-state index contributed by atoms with van der Waals surface area (Å²) in [5.74, 6) is 0.0859. The van der Waals surface area contributed by atoms with Crippen LogP contribution in [0.2, 0.25) is 0 Å². The van der Waals surface area contributed by atoms with Crippen LogP contribution in [0.15, 0.2) is 67.1 Å². The number of amides is 2. The van der Waals surface area contributed by atoms with E-state index in [-0.39, 0.29) is 30.4 Å². The third-order valence-corrected chi connectivity index (χ3v) is 6.80. The third-order valence-electron chi connectivity index (χ3n) is 6.80. The maximum absolute atomic E-state index is 13.2. The summed E-state index contributed by atoms with van der Waals surface area (Å²) in [4.78, 5) is 53.0. The highest BCUT2D eigenvalue weighted by molar-refractivity contribution is 6.07. The topological polar surface area (TPSA) is 150 Å². The number of rotatable bonds is 16. The number of ether oxygens (including phenoxy) is 1. The van der Waals surface area contributed by atoms with Gasteiger partial charge in [0.15, 0.2) is 5.78 Å². The largest absolute Gasteiger partial charge is 0.379 e. The van der Waals surface area contributed by atoms with Gasteiger partial charge in [-0.05, 0) is 54.8 Å². The van der Waals surface area contributed by atoms with Gasteiger partial charge in [0.05, 0.1) is 13.2 Å². The van der Waals surface area contributed by atoms with Crippen molar-refractivity contribution in [3.63, 3.8) is 0 Å². The van der Waals surface area contributed by atoms with Crippen molar-refractivity contribution in [3.05, 3.63) is 78.3 Å². The zero-order valence-corrected chi connectivity index (χ0v) is 25.1. The van der Waals surface area contributed by atoms with Crippen LogP contribution < -0.4 is 21.3 Å². The van der Waals surface area contributed by atoms with Gasteiger partial charge in [0.1, 0.15) is 11.4 Å². The molecule has 44 heavy (non-hydrogen) atoms. The Morgan fingerprint density at radius 1 is 0.977 bits per heavy atom. The fraction of sp³-hybridized carbons (Fsp3) is 0.375. The predicted octanol–water partition coefficient (Wildman–Crippen LogP) is 3.78. The SMILES string of the molecule is CCCNc1nc(NCCc2ccncc2)ncc1C(=O)Nc1cccc(NC(=O)CCC(=O)/C=C/CN2CCOCC2)c1. The van der Waals surface area contributed by atoms with Crippen molar-refractivity contribution in [1.82, 2.24) is 19.9 Å². The molecule has 12 nitrogen and oxygen atoms in total. The Kier molecular flexibility index (Phi) is 12.8. The number of anilines is 4. The lowest BCUT2D eigenvalue weighted by atomic mass is 10.2. The van der Waals surface area contributed by atoms with Gasteiger partial charge >= 0.3 is 0 Å². The Labute approximate surface area is 257 Å². The maximum Gasteiger partial charge on any atom is 0.260 e. The molecular weight excluding hydrogens is 560 g/mol. The van der Waals surface area contributed by atoms with Crippen LogP contribution in [0.4, 0.5) is 23.1 Å². The maximum atomic E-state index is 13.2. The Morgan fingerprint density at radius 3 is 2.52 bits per heavy atom. The highest BCUT2D eigenvalue weighted by Gasteiger charge is 2.16. The van der Waals surface area contributed by atoms with E-state index in [9.17, 15) is 14.4 Å². The zero-order valence-electron chi connectivity index (χ0n) is 25.1. The van der Waals surface area contributed by atoms with Gasteiger partial charge in [0, 0.05) is 75.5 Å². The zero-order chi connectivity index (χ0) is 31.0. The number of hydrogen-bond donors (Lipinski definition) is 4. The van der Waals surface area contributed by atoms with E-state index in [1.54, 1.807) is 36.7 Å². The lowest BCUT2D eigenvalue weighted by Gasteiger charge is -2.24. The number of benzene rings is 1. The Morgan fingerprint density at radius 2 is 1.75 bits per heavy atom. The van der Waals surface area contributed by atoms with Crippen molar-refractivity contribution in [1.29, 1.82) is 0 Å². The molecule has 4 rings (SSSR count). The summed E-state index contributed by atoms with van der Waals surface area (Å²) in [6.07, 6.45) is 10.2. The second-order valence-corrected chi connectivity index (χ2v) is 10.3. The molecule has 0 aliphatic carbocycles. The van der Waals surface area contributed by atoms with E-state index in [0.717, 1.165) is 31.5 Å². The molecule has 12 heteroatoms. The van der Waals surface area contributed by atoms with Gasteiger partial charge in [0.2, 0.25) is 11.9 Å². The molecule has 3 aromatic rings. The lowest BCUT2D eigenvalue weighted by Crippen LogP contribution is -2.36. The summed E-state index contributed by atoms with van der Waals surface area (Å²) in [6.45, 7) is 7.10. The minimum atomic E-state index is -0.384. The first-order valence-corrected chi connectivity index (χ1v) is 14.9. The lowest BCUT2D eigenvalue weighted by molar-refractivity contribution is -0.120. The molecule has 1 aliphatic heterocycles. The number of ketones is 1. The number of hydrogen-bond acceptors (Lipinski definition) is 10. The van der Waals surface area contributed by atoms with E-state index in [1.165, 1.54) is 12.3 Å². The number of aromatic nitrogens is 3. The number of pyridine rings is 1. The number of carbonyl (C=O) groups is 3. The summed E-state index contributed by atoms with van der Waals surface area (Å²) >= 11 is 0. The quantitative estimate of drug-likeness (QED) is 0.179. The van der Waals surface area contributed by atoms with Gasteiger partial charge in [-0.3, -0.25) is 24.3 Å². The van der Waals surface area contributed by atoms with Crippen LogP contribution in [-0.2, 0) is 20.7 Å². The normalized spacial score (nSPS) is 13.4. The smallest absolute Gasteiger partial charge is 0.260 e. The van der Waals surface area contributed by atoms with Crippen molar-refractivity contribution >= 4 is 40.7 Å². The van der Waals surface area contributed by atoms with Crippen molar-refractivity contribution < 1.29 is 19.1 Å². The fourth-order valence-electron chi connectivity index (χ4n) is 4.41. The molecule has 1 fully saturated rings. The second-order valence-electron chi connectivity index (χ2n) is 10.3. The Bertz CT molecular complexity index is 1410. The highest BCUT2D eigenvalue weighted by Crippen LogP contribution is 2.20. The van der Waals surface area contributed by atoms with Crippen LogP contribution in [0.1, 0.15) is 42.1 Å². The predicted molar refractivity (Wildman–Crippen MR) is 171 cm³/mol. The van der Waals surface area contributed by atoms with Crippen molar-refractivity contribution in [2.75, 3.05) is 67.2 Å². The van der Waals surface area contributed by atoms with Crippen LogP contribution in [0, 0.1) is 0 Å². The molecule has 1 aliphatic rings. The summed E-state index contributed by atoms with van der Waals surface area (Å²) < 4.78 is 5.32. The van der Waals surface area contributed by atoms with Gasteiger partial charge in [-0.25, -0.2) is 4.98 Å². The number of carbonyl (C=O) groups excluding carboxylic acids is 3. The highest BCUT2D eigenvalue weighted by atomic mass is 16.5. The first-order chi connectivity index (χ1) is 21.5. The van der Waals surface area contributed by atoms with Crippen LogP contribution in [0.25, 0.3) is 0 Å². The Balaban J connectivity index is 1.28. The molecule has 0 saturated carbocycles. The van der Waals surface area contributed by atoms with Crippen molar-refractivity contribution in [3.8, 4) is 0 Å². The minimum absolute atomic E-state index is 0.0596. The van der Waals surface area contributed by atoms with Crippen molar-refractivity contribution in [2.24, 2.45) is 0 Å². The van der Waals surface area contributed by atoms with Gasteiger partial charge in [-0.15, -0.1) is 0 Å². The molecule has 232 valence electrons. The van der Waals surface area contributed by atoms with Crippen LogP contribution in [0.3, 0.4) is 0 Å². The van der Waals surface area contributed by atoms with E-state index in [0.29, 0.717) is 61.6 Å². The third kappa shape index (κ3) is 10.9. The molecular formula is C32H40N8O4. The molecule has 0 unspecified atom stereocenters. The standard InChI is InChI=1S/C32H40N8O4/c1-2-13-34-30-28(23-36-32(39-30)35-16-12-24-10-14-33-15-11-24)31(43)38-26-6-3-5-25(22-26)37-29(42)9-8-27(41)7-4-17-40-18-20-44-21-19-40/h3-7,10-11,14-15,22-23H,2,8-9,12-13,16-21H2,1H3,(H,37,42)(H,38,43)(H2,34,35,36,39)/b7-4+. The van der Waals surface area contributed by atoms with E-state index >= 15 is 0 Å². The van der Waals surface area contributed by atoms with E-state index < -0.39 is 0 Å². The first kappa shape index (κ1) is 32.2. The van der Waals surface area contributed by atoms with E-state index in [2.05, 4.69) is 41.1 Å². The first-order valence-electron chi connectivity index (χ1n) is 14.9. The molecule has 0 bridgehead atoms. The van der Waals surface area contributed by atoms with E-state index in [1.807, 2.05) is 25.1 Å². The molecule has 4 N–H and O–H groups in total. The molecule has 0 radical (unpaired) electrons. The van der Waals surface area contributed by atoms with Gasteiger partial charge < -0.3 is 26.0 Å². The number of allylic oxidation sites excluding steroid dienone is 1. The van der Waals surface area contributed by atoms with Crippen LogP contribution in [-0.4, -0.2) is 83.4 Å². The number of nitrogens with zero attached hydrogens (tertiary/aromatic N) is 4. The molecule has 0 atom stereocenters. The van der Waals surface area contributed by atoms with Crippen LogP contribution >= 0.6 is 0 Å². The summed E-state index contributed by atoms with van der Waals surface area (Å²) in [5, 5.41) is 12.1. The molecule has 0 spiro atoms. The summed E-state index contributed by atoms with van der Waals surface area (Å²) in [6, 6.07) is 10.8. The van der Waals surface area contributed by atoms with Gasteiger partial charge in [-0.2, -0.15) is 4.98 Å². The number of morpholine rings is 1. The molecule has 3 heterocycles. The van der Waals surface area contributed by atoms with Gasteiger partial charge in [-0.1, -0.05) is 19.1 Å². The molecule has 1 aromatic carbocycles. The van der Waals surface area contributed by atoms with Crippen molar-refractivity contribution in [2.45, 2.75) is 32.6 Å². The van der Waals surface area contributed by atoms with Gasteiger partial charge in [0.25, 0.3) is 5.91 Å². The molecule has 1 saturated heterocycles. The second kappa shape index (κ2) is 17.4. The number of nitrogens with one attached hydrogen (secondary N) is 4. The molecule has 2 aromatic heterocycles. The minimum Gasteiger partial charge on any atom is -0.379 e. The monoisotopic (exact) mass is 600 g/mol. The fourth-order valence-corrected chi connectivity index (χ4v) is 4.41. The van der Waals surface area contributed by atoms with Crippen LogP contribution in [0.5, 0.6) is 0 Å². The average molecular weight is 601 g/mol. The average Bonchev–Trinajstić information content (AvgIpc) is 3.04. The Hall–Kier alpha value is -4.68.